The van der Waals surface area contributed by atoms with Crippen LogP contribution in [0.3, 0.4) is 0 Å². The molecule has 6 nitrogen and oxygen atoms in total. The molecule has 0 bridgehead atoms. The zero-order chi connectivity index (χ0) is 13.4. The Morgan fingerprint density at radius 1 is 1.53 bits per heavy atom. The lowest BCUT2D eigenvalue weighted by molar-refractivity contribution is -0.158. The molecule has 1 aromatic heterocycles. The number of aromatic nitrogens is 2. The first-order valence-corrected chi connectivity index (χ1v) is 5.65. The lowest BCUT2D eigenvalue weighted by Crippen LogP contribution is -2.43. The third kappa shape index (κ3) is 2.73. The second-order valence-electron chi connectivity index (χ2n) is 4.04. The highest BCUT2D eigenvalue weighted by atomic mass is 79.9. The van der Waals surface area contributed by atoms with Crippen LogP contribution in [0.25, 0.3) is 0 Å². The van der Waals surface area contributed by atoms with Gasteiger partial charge < -0.3 is 10.2 Å². The number of halogens is 1. The summed E-state index contributed by atoms with van der Waals surface area (Å²) in [6, 6.07) is 0. The van der Waals surface area contributed by atoms with Crippen LogP contribution in [-0.2, 0) is 11.3 Å². The van der Waals surface area contributed by atoms with Gasteiger partial charge in [0.1, 0.15) is 0 Å². The van der Waals surface area contributed by atoms with Crippen LogP contribution >= 0.6 is 15.9 Å². The highest BCUT2D eigenvalue weighted by Gasteiger charge is 2.31. The molecule has 0 amide bonds. The number of aliphatic carboxylic acids is 1. The van der Waals surface area contributed by atoms with Crippen molar-refractivity contribution >= 4 is 21.9 Å². The predicted molar refractivity (Wildman–Crippen MR) is 63.9 cm³/mol. The van der Waals surface area contributed by atoms with E-state index in [2.05, 4.69) is 20.9 Å². The molecule has 1 rings (SSSR count). The molecule has 0 saturated heterocycles. The summed E-state index contributed by atoms with van der Waals surface area (Å²) in [6.45, 7) is 4.10. The van der Waals surface area contributed by atoms with Crippen LogP contribution in [0, 0.1) is 13.8 Å². The summed E-state index contributed by atoms with van der Waals surface area (Å²) in [7, 11) is 0. The van der Waals surface area contributed by atoms with Gasteiger partial charge in [0.15, 0.2) is 5.60 Å². The van der Waals surface area contributed by atoms with Crippen molar-refractivity contribution in [2.45, 2.75) is 32.9 Å². The molecule has 0 aromatic carbocycles. The number of carboxylic acid groups (broad SMARTS) is 1. The monoisotopic (exact) mass is 304 g/mol. The van der Waals surface area contributed by atoms with Crippen molar-refractivity contribution in [2.24, 2.45) is 0 Å². The third-order valence-corrected chi connectivity index (χ3v) is 3.61. The number of rotatable bonds is 3. The molecule has 1 unspecified atom stereocenters. The van der Waals surface area contributed by atoms with E-state index in [4.69, 9.17) is 5.11 Å². The second kappa shape index (κ2) is 4.58. The average Bonchev–Trinajstić information content (AvgIpc) is 2.21. The van der Waals surface area contributed by atoms with E-state index in [-0.39, 0.29) is 6.54 Å². The number of carboxylic acids is 1. The Balaban J connectivity index is 3.30. The van der Waals surface area contributed by atoms with E-state index < -0.39 is 17.3 Å². The topological polar surface area (TPSA) is 92.4 Å². The second-order valence-corrected chi connectivity index (χ2v) is 4.84. The van der Waals surface area contributed by atoms with Crippen LogP contribution in [0.1, 0.15) is 18.3 Å². The van der Waals surface area contributed by atoms with E-state index in [9.17, 15) is 14.7 Å². The molecule has 0 radical (unpaired) electrons. The van der Waals surface area contributed by atoms with Gasteiger partial charge in [0, 0.05) is 5.69 Å². The van der Waals surface area contributed by atoms with E-state index in [1.165, 1.54) is 0 Å². The summed E-state index contributed by atoms with van der Waals surface area (Å²) >= 11 is 3.26. The van der Waals surface area contributed by atoms with Gasteiger partial charge in [-0.25, -0.2) is 9.59 Å². The highest BCUT2D eigenvalue weighted by molar-refractivity contribution is 9.10. The quantitative estimate of drug-likeness (QED) is 0.846. The summed E-state index contributed by atoms with van der Waals surface area (Å²) < 4.78 is 1.75. The van der Waals surface area contributed by atoms with E-state index in [0.717, 1.165) is 11.5 Å². The van der Waals surface area contributed by atoms with Gasteiger partial charge in [0.25, 0.3) is 0 Å². The lowest BCUT2D eigenvalue weighted by Gasteiger charge is -2.21. The summed E-state index contributed by atoms with van der Waals surface area (Å²) in [5.41, 5.74) is -1.53. The lowest BCUT2D eigenvalue weighted by atomic mass is 10.1. The van der Waals surface area contributed by atoms with Crippen molar-refractivity contribution in [3.8, 4) is 0 Å². The smallest absolute Gasteiger partial charge is 0.348 e. The van der Waals surface area contributed by atoms with Crippen molar-refractivity contribution in [1.82, 2.24) is 9.55 Å². The number of nitrogens with zero attached hydrogens (tertiary/aromatic N) is 2. The molecule has 0 aliphatic carbocycles. The molecule has 0 spiro atoms. The first-order chi connectivity index (χ1) is 7.66. The van der Waals surface area contributed by atoms with E-state index in [1.807, 2.05) is 0 Å². The zero-order valence-corrected chi connectivity index (χ0v) is 11.3. The number of aliphatic hydroxyl groups is 1. The van der Waals surface area contributed by atoms with Gasteiger partial charge in [-0.1, -0.05) is 0 Å². The molecule has 94 valence electrons. The minimum atomic E-state index is -2.01. The predicted octanol–water partition coefficient (Wildman–Crippen LogP) is 0.458. The maximum Gasteiger partial charge on any atom is 0.348 e. The maximum atomic E-state index is 11.6. The van der Waals surface area contributed by atoms with Crippen molar-refractivity contribution in [2.75, 3.05) is 0 Å². The number of hydrogen-bond acceptors (Lipinski definition) is 4. The average molecular weight is 305 g/mol. The molecule has 0 aliphatic rings. The fourth-order valence-corrected chi connectivity index (χ4v) is 1.64. The largest absolute Gasteiger partial charge is 0.479 e. The molecular weight excluding hydrogens is 292 g/mol. The molecule has 1 atom stereocenters. The molecule has 0 fully saturated rings. The van der Waals surface area contributed by atoms with Crippen LogP contribution in [0.2, 0.25) is 0 Å². The fourth-order valence-electron chi connectivity index (χ4n) is 1.34. The van der Waals surface area contributed by atoms with Gasteiger partial charge in [-0.2, -0.15) is 4.98 Å². The molecule has 1 aromatic rings. The molecule has 0 saturated carbocycles. The normalized spacial score (nSPS) is 14.4. The zero-order valence-electron chi connectivity index (χ0n) is 9.69. The molecule has 1 heterocycles. The number of carbonyl (C=O) groups is 1. The van der Waals surface area contributed by atoms with Gasteiger partial charge in [-0.15, -0.1) is 0 Å². The maximum absolute atomic E-state index is 11.6. The fraction of sp³-hybridized carbons (Fsp3) is 0.500. The Kier molecular flexibility index (Phi) is 3.73. The van der Waals surface area contributed by atoms with Gasteiger partial charge in [-0.05, 0) is 36.7 Å². The van der Waals surface area contributed by atoms with E-state index in [1.54, 1.807) is 13.8 Å². The van der Waals surface area contributed by atoms with Crippen LogP contribution in [-0.4, -0.2) is 31.3 Å². The molecule has 17 heavy (non-hydrogen) atoms. The Labute approximate surface area is 106 Å². The summed E-state index contributed by atoms with van der Waals surface area (Å²) in [5.74, 6) is -1.39. The first-order valence-electron chi connectivity index (χ1n) is 4.86. The van der Waals surface area contributed by atoms with Crippen LogP contribution < -0.4 is 5.69 Å². The van der Waals surface area contributed by atoms with Crippen LogP contribution in [0.4, 0.5) is 0 Å². The summed E-state index contributed by atoms with van der Waals surface area (Å²) in [6.07, 6.45) is 0. The van der Waals surface area contributed by atoms with Gasteiger partial charge in [0.2, 0.25) is 0 Å². The van der Waals surface area contributed by atoms with Crippen molar-refractivity contribution in [1.29, 1.82) is 0 Å². The third-order valence-electron chi connectivity index (χ3n) is 2.46. The van der Waals surface area contributed by atoms with E-state index in [0.29, 0.717) is 15.9 Å². The number of aryl methyl sites for hydroxylation is 1. The Hall–Kier alpha value is -1.21. The SMILES string of the molecule is Cc1nc(=O)n(CC(C)(O)C(=O)O)c(C)c1Br. The Morgan fingerprint density at radius 3 is 2.53 bits per heavy atom. The van der Waals surface area contributed by atoms with Crippen LogP contribution in [0.5, 0.6) is 0 Å². The minimum Gasteiger partial charge on any atom is -0.479 e. The van der Waals surface area contributed by atoms with E-state index >= 15 is 0 Å². The minimum absolute atomic E-state index is 0.348. The first kappa shape index (κ1) is 13.9. The van der Waals surface area contributed by atoms with Gasteiger partial charge in [-0.3, -0.25) is 4.57 Å². The van der Waals surface area contributed by atoms with Gasteiger partial charge in [0.05, 0.1) is 16.7 Å². The van der Waals surface area contributed by atoms with Crippen molar-refractivity contribution < 1.29 is 15.0 Å². The molecule has 0 aliphatic heterocycles. The van der Waals surface area contributed by atoms with Crippen molar-refractivity contribution in [3.63, 3.8) is 0 Å². The van der Waals surface area contributed by atoms with Gasteiger partial charge >= 0.3 is 11.7 Å². The Bertz CT molecular complexity index is 522. The molecular formula is C10H13BrN2O4. The Morgan fingerprint density at radius 2 is 2.06 bits per heavy atom. The molecule has 7 heteroatoms. The highest BCUT2D eigenvalue weighted by Crippen LogP contribution is 2.18. The molecule has 2 N–H and O–H groups in total. The standard InChI is InChI=1S/C10H13BrN2O4/c1-5-7(11)6(2)13(9(16)12-5)4-10(3,17)8(14)15/h17H,4H2,1-3H3,(H,14,15). The summed E-state index contributed by atoms with van der Waals surface area (Å²) in [4.78, 5) is 26.2. The summed E-state index contributed by atoms with van der Waals surface area (Å²) in [5, 5.41) is 18.5. The van der Waals surface area contributed by atoms with Crippen molar-refractivity contribution in [3.05, 3.63) is 26.3 Å². The van der Waals surface area contributed by atoms with Crippen LogP contribution in [0.15, 0.2) is 9.27 Å². The number of hydrogen-bond donors (Lipinski definition) is 2.